The van der Waals surface area contributed by atoms with Crippen LogP contribution in [0.1, 0.15) is 89.8 Å². The van der Waals surface area contributed by atoms with Crippen LogP contribution in [0.5, 0.6) is 0 Å². The van der Waals surface area contributed by atoms with Crippen LogP contribution in [-0.2, 0) is 19.1 Å². The van der Waals surface area contributed by atoms with Gasteiger partial charge in [-0.3, -0.25) is 14.4 Å². The average molecular weight is 503 g/mol. The summed E-state index contributed by atoms with van der Waals surface area (Å²) in [5, 5.41) is 5.75. The first-order valence-corrected chi connectivity index (χ1v) is 12.9. The van der Waals surface area contributed by atoms with Crippen LogP contribution in [0.3, 0.4) is 0 Å². The fourth-order valence-electron chi connectivity index (χ4n) is 4.53. The van der Waals surface area contributed by atoms with Crippen molar-refractivity contribution < 1.29 is 23.9 Å². The number of nitrogens with zero attached hydrogens (tertiary/aromatic N) is 1. The van der Waals surface area contributed by atoms with Crippen molar-refractivity contribution in [2.45, 2.75) is 103 Å². The van der Waals surface area contributed by atoms with Crippen LogP contribution in [0.25, 0.3) is 0 Å². The van der Waals surface area contributed by atoms with Crippen molar-refractivity contribution in [1.29, 1.82) is 0 Å². The summed E-state index contributed by atoms with van der Waals surface area (Å²) in [7, 11) is 0. The van der Waals surface area contributed by atoms with Gasteiger partial charge in [-0.15, -0.1) is 0 Å². The minimum absolute atomic E-state index is 0.00531. The average Bonchev–Trinajstić information content (AvgIpc) is 2.79. The molecule has 2 rings (SSSR count). The first-order valence-electron chi connectivity index (χ1n) is 12.9. The molecule has 36 heavy (non-hydrogen) atoms. The molecule has 1 saturated carbocycles. The molecule has 0 aliphatic heterocycles. The minimum atomic E-state index is -1.08. The highest BCUT2D eigenvalue weighted by Gasteiger charge is 2.36. The van der Waals surface area contributed by atoms with Gasteiger partial charge in [-0.1, -0.05) is 43.5 Å². The van der Waals surface area contributed by atoms with Crippen molar-refractivity contribution in [1.82, 2.24) is 15.5 Å². The van der Waals surface area contributed by atoms with E-state index in [1.165, 1.54) is 4.90 Å². The number of hydrogen-bond acceptors (Lipinski definition) is 5. The van der Waals surface area contributed by atoms with Gasteiger partial charge in [0.25, 0.3) is 0 Å². The first kappa shape index (κ1) is 29.1. The molecule has 9 nitrogen and oxygen atoms in total. The maximum atomic E-state index is 13.8. The Kier molecular flexibility index (Phi) is 10.7. The van der Waals surface area contributed by atoms with Gasteiger partial charge >= 0.3 is 6.09 Å². The lowest BCUT2D eigenvalue weighted by molar-refractivity contribution is -0.142. The van der Waals surface area contributed by atoms with Gasteiger partial charge in [0.15, 0.2) is 0 Å². The van der Waals surface area contributed by atoms with Crippen molar-refractivity contribution in [3.05, 3.63) is 35.4 Å². The second-order valence-corrected chi connectivity index (χ2v) is 10.4. The number of likely N-dealkylation sites (N-methyl/N-ethyl adjacent to an activating group) is 1. The van der Waals surface area contributed by atoms with Gasteiger partial charge in [0.05, 0.1) is 0 Å². The monoisotopic (exact) mass is 502 g/mol. The fraction of sp³-hybridized carbons (Fsp3) is 0.630. The summed E-state index contributed by atoms with van der Waals surface area (Å²) >= 11 is 0. The number of nitrogens with two attached hydrogens (primary N) is 1. The van der Waals surface area contributed by atoms with Gasteiger partial charge < -0.3 is 26.0 Å². The molecular formula is C27H42N4O5. The van der Waals surface area contributed by atoms with Gasteiger partial charge in [0.1, 0.15) is 17.7 Å². The molecule has 0 radical (unpaired) electrons. The Hall–Kier alpha value is -3.10. The predicted octanol–water partition coefficient (Wildman–Crippen LogP) is 3.49. The number of rotatable bonds is 10. The zero-order valence-electron chi connectivity index (χ0n) is 22.3. The summed E-state index contributed by atoms with van der Waals surface area (Å²) in [4.78, 5) is 53.0. The van der Waals surface area contributed by atoms with E-state index in [4.69, 9.17) is 10.5 Å². The molecule has 1 aliphatic carbocycles. The standard InChI is InChI=1S/C27H42N4O5/c1-6-31(25(34)21(16-17-22(28)32)30-26(35)36-27(3,4)5)23(20-15-11-10-12-18(20)2)24(33)29-19-13-8-7-9-14-19/h10-12,15,19,21,23H,6-9,13-14,16-17H2,1-5H3,(H2,28,32)(H,29,33)(H,30,35). The van der Waals surface area contributed by atoms with Gasteiger partial charge in [0, 0.05) is 19.0 Å². The molecule has 1 aliphatic rings. The fourth-order valence-corrected chi connectivity index (χ4v) is 4.53. The van der Waals surface area contributed by atoms with E-state index in [0.29, 0.717) is 5.56 Å². The van der Waals surface area contributed by atoms with Crippen molar-refractivity contribution in [2.24, 2.45) is 5.73 Å². The second kappa shape index (κ2) is 13.3. The van der Waals surface area contributed by atoms with Crippen LogP contribution in [-0.4, -0.2) is 52.9 Å². The molecule has 0 bridgehead atoms. The third kappa shape index (κ3) is 8.84. The molecular weight excluding hydrogens is 460 g/mol. The molecule has 9 heteroatoms. The topological polar surface area (TPSA) is 131 Å². The quantitative estimate of drug-likeness (QED) is 0.451. The highest BCUT2D eigenvalue weighted by Crippen LogP contribution is 2.27. The number of aryl methyl sites for hydroxylation is 1. The first-order chi connectivity index (χ1) is 16.9. The van der Waals surface area contributed by atoms with E-state index in [2.05, 4.69) is 10.6 Å². The second-order valence-electron chi connectivity index (χ2n) is 10.4. The number of alkyl carbamates (subject to hydrolysis) is 1. The molecule has 4 N–H and O–H groups in total. The smallest absolute Gasteiger partial charge is 0.408 e. The third-order valence-electron chi connectivity index (χ3n) is 6.29. The Balaban J connectivity index is 2.38. The minimum Gasteiger partial charge on any atom is -0.444 e. The summed E-state index contributed by atoms with van der Waals surface area (Å²) in [5.41, 5.74) is 6.16. The molecule has 4 amide bonds. The largest absolute Gasteiger partial charge is 0.444 e. The lowest BCUT2D eigenvalue weighted by Gasteiger charge is -2.35. The molecule has 2 atom stereocenters. The van der Waals surface area contributed by atoms with Crippen LogP contribution in [0.2, 0.25) is 0 Å². The Morgan fingerprint density at radius 3 is 2.31 bits per heavy atom. The molecule has 0 heterocycles. The molecule has 1 aromatic carbocycles. The van der Waals surface area contributed by atoms with Crippen LogP contribution in [0, 0.1) is 6.92 Å². The van der Waals surface area contributed by atoms with E-state index in [1.807, 2.05) is 31.2 Å². The third-order valence-corrected chi connectivity index (χ3v) is 6.29. The summed E-state index contributed by atoms with van der Waals surface area (Å²) in [6.45, 7) is 9.06. The zero-order valence-corrected chi connectivity index (χ0v) is 22.3. The Morgan fingerprint density at radius 1 is 1.11 bits per heavy atom. The summed E-state index contributed by atoms with van der Waals surface area (Å²) in [6, 6.07) is 5.56. The molecule has 1 aromatic rings. The molecule has 0 saturated heterocycles. The van der Waals surface area contributed by atoms with Gasteiger partial charge in [-0.05, 0) is 65.0 Å². The lowest BCUT2D eigenvalue weighted by atomic mass is 9.93. The highest BCUT2D eigenvalue weighted by molar-refractivity contribution is 5.92. The molecule has 0 aromatic heterocycles. The van der Waals surface area contributed by atoms with Crippen molar-refractivity contribution in [2.75, 3.05) is 6.54 Å². The molecule has 0 spiro atoms. The summed E-state index contributed by atoms with van der Waals surface area (Å²) in [6.07, 6.45) is 4.21. The van der Waals surface area contributed by atoms with Crippen molar-refractivity contribution in [3.63, 3.8) is 0 Å². The number of carbonyl (C=O) groups excluding carboxylic acids is 4. The van der Waals surface area contributed by atoms with Gasteiger partial charge in [-0.25, -0.2) is 4.79 Å². The summed E-state index contributed by atoms with van der Waals surface area (Å²) < 4.78 is 5.33. The SMILES string of the molecule is CCN(C(=O)C(CCC(N)=O)NC(=O)OC(C)(C)C)C(C(=O)NC1CCCCC1)c1ccccc1C. The van der Waals surface area contributed by atoms with Gasteiger partial charge in [-0.2, -0.15) is 0 Å². The van der Waals surface area contributed by atoms with Crippen LogP contribution in [0.4, 0.5) is 4.79 Å². The van der Waals surface area contributed by atoms with E-state index >= 15 is 0 Å². The number of primary amides is 1. The lowest BCUT2D eigenvalue weighted by Crippen LogP contribution is -2.54. The normalized spacial score (nSPS) is 15.9. The molecule has 1 fully saturated rings. The Morgan fingerprint density at radius 2 is 1.75 bits per heavy atom. The number of ether oxygens (including phenoxy) is 1. The van der Waals surface area contributed by atoms with E-state index in [-0.39, 0.29) is 31.3 Å². The summed E-state index contributed by atoms with van der Waals surface area (Å²) in [5.74, 6) is -1.32. The van der Waals surface area contributed by atoms with Gasteiger partial charge in [0.2, 0.25) is 17.7 Å². The highest BCUT2D eigenvalue weighted by atomic mass is 16.6. The van der Waals surface area contributed by atoms with E-state index < -0.39 is 35.6 Å². The zero-order chi connectivity index (χ0) is 26.9. The number of carbonyl (C=O) groups is 4. The Labute approximate surface area is 214 Å². The number of nitrogens with one attached hydrogen (secondary N) is 2. The van der Waals surface area contributed by atoms with E-state index in [9.17, 15) is 19.2 Å². The van der Waals surface area contributed by atoms with Crippen LogP contribution in [0.15, 0.2) is 24.3 Å². The van der Waals surface area contributed by atoms with E-state index in [0.717, 1.165) is 37.7 Å². The maximum absolute atomic E-state index is 13.8. The van der Waals surface area contributed by atoms with Crippen LogP contribution < -0.4 is 16.4 Å². The van der Waals surface area contributed by atoms with Crippen LogP contribution >= 0.6 is 0 Å². The predicted molar refractivity (Wildman–Crippen MR) is 138 cm³/mol. The molecule has 2 unspecified atom stereocenters. The van der Waals surface area contributed by atoms with Crippen molar-refractivity contribution >= 4 is 23.8 Å². The number of hydrogen-bond donors (Lipinski definition) is 3. The van der Waals surface area contributed by atoms with E-state index in [1.54, 1.807) is 27.7 Å². The molecule has 200 valence electrons. The number of amides is 4. The van der Waals surface area contributed by atoms with Crippen molar-refractivity contribution in [3.8, 4) is 0 Å². The Bertz CT molecular complexity index is 921. The number of benzene rings is 1. The maximum Gasteiger partial charge on any atom is 0.408 e.